The van der Waals surface area contributed by atoms with Crippen LogP contribution in [0.3, 0.4) is 0 Å². The number of hydrogen-bond donors (Lipinski definition) is 2. The fourth-order valence-electron chi connectivity index (χ4n) is 2.29. The number of aromatic nitrogens is 2. The van der Waals surface area contributed by atoms with Crippen LogP contribution >= 0.6 is 23.1 Å². The van der Waals surface area contributed by atoms with Crippen molar-refractivity contribution in [3.8, 4) is 10.6 Å². The van der Waals surface area contributed by atoms with Gasteiger partial charge in [0.25, 0.3) is 0 Å². The molecular formula is C13H18N4OS2. The number of ether oxygens (including phenoxy) is 1. The maximum Gasteiger partial charge on any atom is 0.168 e. The SMILES string of the molecule is CCSc1nc(NN)c2nc3c(sc1-2)COC(C)(C)C3. The normalized spacial score (nSPS) is 17.2. The number of nitrogens with one attached hydrogen (secondary N) is 1. The van der Waals surface area contributed by atoms with E-state index in [0.717, 1.165) is 33.5 Å². The highest BCUT2D eigenvalue weighted by Crippen LogP contribution is 2.43. The van der Waals surface area contributed by atoms with Gasteiger partial charge >= 0.3 is 0 Å². The number of hydrazine groups is 1. The van der Waals surface area contributed by atoms with E-state index in [2.05, 4.69) is 31.2 Å². The van der Waals surface area contributed by atoms with Gasteiger partial charge in [0, 0.05) is 6.42 Å². The molecule has 3 N–H and O–H groups in total. The summed E-state index contributed by atoms with van der Waals surface area (Å²) in [6.45, 7) is 6.93. The van der Waals surface area contributed by atoms with E-state index in [9.17, 15) is 0 Å². The molecule has 7 heteroatoms. The lowest BCUT2D eigenvalue weighted by Crippen LogP contribution is -2.32. The molecule has 0 radical (unpaired) electrons. The molecular weight excluding hydrogens is 292 g/mol. The molecule has 3 aliphatic rings. The van der Waals surface area contributed by atoms with Gasteiger partial charge in [-0.15, -0.1) is 23.1 Å². The van der Waals surface area contributed by atoms with Gasteiger partial charge in [0.05, 0.1) is 27.7 Å². The third-order valence-corrected chi connectivity index (χ3v) is 5.42. The van der Waals surface area contributed by atoms with Crippen LogP contribution in [0.1, 0.15) is 31.3 Å². The minimum atomic E-state index is -0.155. The van der Waals surface area contributed by atoms with Crippen molar-refractivity contribution in [2.24, 2.45) is 5.84 Å². The highest BCUT2D eigenvalue weighted by molar-refractivity contribution is 7.99. The van der Waals surface area contributed by atoms with E-state index in [0.29, 0.717) is 12.4 Å². The maximum atomic E-state index is 5.88. The molecule has 0 spiro atoms. The molecule has 0 saturated carbocycles. The van der Waals surface area contributed by atoms with Crippen molar-refractivity contribution in [3.05, 3.63) is 10.6 Å². The lowest BCUT2D eigenvalue weighted by Gasteiger charge is -2.31. The summed E-state index contributed by atoms with van der Waals surface area (Å²) in [6, 6.07) is 0. The van der Waals surface area contributed by atoms with E-state index < -0.39 is 0 Å². The van der Waals surface area contributed by atoms with Crippen molar-refractivity contribution in [2.75, 3.05) is 11.2 Å². The lowest BCUT2D eigenvalue weighted by molar-refractivity contribution is -0.0395. The van der Waals surface area contributed by atoms with Gasteiger partial charge in [-0.2, -0.15) is 0 Å². The van der Waals surface area contributed by atoms with Gasteiger partial charge in [-0.05, 0) is 19.6 Å². The summed E-state index contributed by atoms with van der Waals surface area (Å²) in [7, 11) is 0. The summed E-state index contributed by atoms with van der Waals surface area (Å²) in [6.07, 6.45) is 0.820. The van der Waals surface area contributed by atoms with Gasteiger partial charge in [-0.3, -0.25) is 0 Å². The quantitative estimate of drug-likeness (QED) is 0.516. The van der Waals surface area contributed by atoms with Crippen LogP contribution in [0.15, 0.2) is 5.03 Å². The first-order chi connectivity index (χ1) is 9.54. The zero-order valence-electron chi connectivity index (χ0n) is 11.8. The second-order valence-electron chi connectivity index (χ2n) is 5.33. The number of nitrogens with zero attached hydrogens (tertiary/aromatic N) is 2. The first-order valence-corrected chi connectivity index (χ1v) is 8.40. The molecule has 0 bridgehead atoms. The molecule has 0 atom stereocenters. The monoisotopic (exact) mass is 310 g/mol. The van der Waals surface area contributed by atoms with E-state index in [-0.39, 0.29) is 5.60 Å². The van der Waals surface area contributed by atoms with Crippen molar-refractivity contribution in [3.63, 3.8) is 0 Å². The van der Waals surface area contributed by atoms with Crippen LogP contribution in [0, 0.1) is 0 Å². The Bertz CT molecular complexity index is 611. The Hall–Kier alpha value is -0.890. The number of nitrogens with two attached hydrogens (primary N) is 1. The molecule has 0 fully saturated rings. The summed E-state index contributed by atoms with van der Waals surface area (Å²) < 4.78 is 5.88. The smallest absolute Gasteiger partial charge is 0.168 e. The Balaban J connectivity index is 2.13. The molecule has 0 aromatic heterocycles. The first-order valence-electron chi connectivity index (χ1n) is 6.59. The second-order valence-corrected chi connectivity index (χ2v) is 7.69. The van der Waals surface area contributed by atoms with Crippen molar-refractivity contribution in [1.29, 1.82) is 0 Å². The molecule has 0 unspecified atom stereocenters. The molecule has 20 heavy (non-hydrogen) atoms. The number of fused-ring (bicyclic) bond motifs is 2. The number of thioether (sulfide) groups is 1. The van der Waals surface area contributed by atoms with Gasteiger partial charge in [0.2, 0.25) is 0 Å². The van der Waals surface area contributed by atoms with Crippen LogP contribution in [-0.4, -0.2) is 21.3 Å². The highest BCUT2D eigenvalue weighted by atomic mass is 32.2. The molecule has 5 nitrogen and oxygen atoms in total. The molecule has 0 saturated heterocycles. The van der Waals surface area contributed by atoms with Crippen LogP contribution in [0.2, 0.25) is 0 Å². The predicted molar refractivity (Wildman–Crippen MR) is 83.3 cm³/mol. The third kappa shape index (κ3) is 2.39. The number of hydrogen-bond acceptors (Lipinski definition) is 7. The molecule has 108 valence electrons. The van der Waals surface area contributed by atoms with Crippen LogP contribution in [-0.2, 0) is 17.8 Å². The minimum Gasteiger partial charge on any atom is -0.370 e. The zero-order valence-corrected chi connectivity index (χ0v) is 13.5. The number of rotatable bonds is 3. The predicted octanol–water partition coefficient (Wildman–Crippen LogP) is 2.89. The molecule has 3 aliphatic heterocycles. The highest BCUT2D eigenvalue weighted by Gasteiger charge is 2.31. The Morgan fingerprint density at radius 2 is 2.25 bits per heavy atom. The Morgan fingerprint density at radius 3 is 2.95 bits per heavy atom. The Morgan fingerprint density at radius 1 is 1.45 bits per heavy atom. The maximum absolute atomic E-state index is 5.88. The molecule has 0 aromatic carbocycles. The van der Waals surface area contributed by atoms with E-state index in [4.69, 9.17) is 15.6 Å². The van der Waals surface area contributed by atoms with Crippen LogP contribution in [0.25, 0.3) is 10.6 Å². The van der Waals surface area contributed by atoms with Crippen LogP contribution < -0.4 is 11.3 Å². The largest absolute Gasteiger partial charge is 0.370 e. The average molecular weight is 310 g/mol. The minimum absolute atomic E-state index is 0.155. The van der Waals surface area contributed by atoms with Crippen molar-refractivity contribution in [2.45, 2.75) is 44.4 Å². The van der Waals surface area contributed by atoms with E-state index in [1.54, 1.807) is 23.1 Å². The summed E-state index contributed by atoms with van der Waals surface area (Å²) in [5, 5.41) is 1.00. The van der Waals surface area contributed by atoms with Crippen LogP contribution in [0.5, 0.6) is 0 Å². The van der Waals surface area contributed by atoms with Gasteiger partial charge in [0.1, 0.15) is 10.7 Å². The molecule has 3 heterocycles. The molecule has 0 aromatic rings. The summed E-state index contributed by atoms with van der Waals surface area (Å²) in [4.78, 5) is 11.6. The van der Waals surface area contributed by atoms with E-state index in [1.165, 1.54) is 4.88 Å². The van der Waals surface area contributed by atoms with Gasteiger partial charge in [-0.1, -0.05) is 6.92 Å². The van der Waals surface area contributed by atoms with Gasteiger partial charge < -0.3 is 10.2 Å². The molecule has 0 aliphatic carbocycles. The fourth-order valence-corrected chi connectivity index (χ4v) is 4.22. The van der Waals surface area contributed by atoms with Crippen molar-refractivity contribution in [1.82, 2.24) is 9.97 Å². The number of nitrogen functional groups attached to an aromatic ring is 1. The van der Waals surface area contributed by atoms with Crippen molar-refractivity contribution >= 4 is 28.9 Å². The first kappa shape index (κ1) is 14.1. The van der Waals surface area contributed by atoms with Gasteiger partial charge in [0.15, 0.2) is 5.82 Å². The third-order valence-electron chi connectivity index (χ3n) is 3.25. The topological polar surface area (TPSA) is 73.1 Å². The molecule has 3 rings (SSSR count). The number of anilines is 1. The van der Waals surface area contributed by atoms with Crippen LogP contribution in [0.4, 0.5) is 5.82 Å². The van der Waals surface area contributed by atoms with E-state index in [1.807, 2.05) is 0 Å². The summed E-state index contributed by atoms with van der Waals surface area (Å²) in [5.41, 5.74) is 4.50. The van der Waals surface area contributed by atoms with E-state index >= 15 is 0 Å². The standard InChI is InChI=1S/C13H18N4OS2/c1-4-19-12-10-9(11(16-12)17-14)15-7-5-13(2,3)18-6-8(7)20-10/h4-6,14H2,1-3H3,(H,16,17). The Kier molecular flexibility index (Phi) is 3.62. The summed E-state index contributed by atoms with van der Waals surface area (Å²) >= 11 is 3.44. The fraction of sp³-hybridized carbons (Fsp3) is 0.538. The van der Waals surface area contributed by atoms with Gasteiger partial charge in [-0.25, -0.2) is 15.8 Å². The van der Waals surface area contributed by atoms with Crippen molar-refractivity contribution < 1.29 is 4.74 Å². The Labute approximate surface area is 126 Å². The second kappa shape index (κ2) is 5.14. The lowest BCUT2D eigenvalue weighted by atomic mass is 9.99. The zero-order chi connectivity index (χ0) is 14.3. The summed E-state index contributed by atoms with van der Waals surface area (Å²) in [5.74, 6) is 7.21. The average Bonchev–Trinajstić information content (AvgIpc) is 2.73. The molecule has 0 amide bonds.